The Balaban J connectivity index is 1.94. The van der Waals surface area contributed by atoms with E-state index in [4.69, 9.17) is 0 Å². The third-order valence-electron chi connectivity index (χ3n) is 2.14. The third kappa shape index (κ3) is 5.23. The van der Waals surface area contributed by atoms with Crippen molar-refractivity contribution in [2.75, 3.05) is 13.1 Å². The molecule has 0 spiro atoms. The zero-order valence-corrected chi connectivity index (χ0v) is 10.6. The number of amides is 1. The normalized spacial score (nSPS) is 10.7. The molecule has 4 nitrogen and oxygen atoms in total. The second-order valence-electron chi connectivity index (χ2n) is 3.96. The molecule has 0 bridgehead atoms. The van der Waals surface area contributed by atoms with Crippen LogP contribution < -0.4 is 10.6 Å². The van der Waals surface area contributed by atoms with E-state index in [1.165, 1.54) is 0 Å². The maximum absolute atomic E-state index is 11.2. The first-order chi connectivity index (χ1) is 7.70. The molecule has 5 heteroatoms. The monoisotopic (exact) mass is 241 g/mol. The number of thiazole rings is 1. The summed E-state index contributed by atoms with van der Waals surface area (Å²) in [5, 5.41) is 8.20. The molecule has 1 amide bonds. The Hall–Kier alpha value is -0.940. The standard InChI is InChI=1S/C11H19N3OS/c1-9(2)11(15)13-5-3-4-12-6-10-7-16-8-14-10/h7-9,12H,3-6H2,1-2H3,(H,13,15). The van der Waals surface area contributed by atoms with E-state index >= 15 is 0 Å². The number of aromatic nitrogens is 1. The predicted octanol–water partition coefficient (Wildman–Crippen LogP) is 1.39. The van der Waals surface area contributed by atoms with Gasteiger partial charge in [0, 0.05) is 24.4 Å². The second kappa shape index (κ2) is 7.35. The van der Waals surface area contributed by atoms with E-state index in [0.29, 0.717) is 0 Å². The Morgan fingerprint density at radius 3 is 2.94 bits per heavy atom. The molecule has 1 heterocycles. The number of carbonyl (C=O) groups is 1. The molecule has 0 unspecified atom stereocenters. The molecule has 16 heavy (non-hydrogen) atoms. The summed E-state index contributed by atoms with van der Waals surface area (Å²) in [5.41, 5.74) is 2.91. The van der Waals surface area contributed by atoms with Gasteiger partial charge in [0.05, 0.1) is 11.2 Å². The van der Waals surface area contributed by atoms with Gasteiger partial charge < -0.3 is 10.6 Å². The number of nitrogens with zero attached hydrogens (tertiary/aromatic N) is 1. The lowest BCUT2D eigenvalue weighted by Gasteiger charge is -2.07. The minimum atomic E-state index is 0.0722. The summed E-state index contributed by atoms with van der Waals surface area (Å²) in [6.07, 6.45) is 0.947. The molecule has 0 aliphatic carbocycles. The molecule has 0 aliphatic heterocycles. The summed E-state index contributed by atoms with van der Waals surface area (Å²) in [7, 11) is 0. The molecule has 0 aliphatic rings. The van der Waals surface area contributed by atoms with Crippen LogP contribution in [0.4, 0.5) is 0 Å². The first-order valence-corrected chi connectivity index (χ1v) is 6.50. The molecule has 0 fully saturated rings. The van der Waals surface area contributed by atoms with Crippen LogP contribution >= 0.6 is 11.3 Å². The van der Waals surface area contributed by atoms with Crippen LogP contribution in [0.3, 0.4) is 0 Å². The fraction of sp³-hybridized carbons (Fsp3) is 0.636. The van der Waals surface area contributed by atoms with Crippen molar-refractivity contribution in [2.45, 2.75) is 26.8 Å². The van der Waals surface area contributed by atoms with Gasteiger partial charge >= 0.3 is 0 Å². The summed E-state index contributed by atoms with van der Waals surface area (Å²) in [5.74, 6) is 0.197. The Bertz CT molecular complexity index is 298. The molecule has 2 N–H and O–H groups in total. The van der Waals surface area contributed by atoms with E-state index in [9.17, 15) is 4.79 Å². The van der Waals surface area contributed by atoms with Crippen LogP contribution in [0.5, 0.6) is 0 Å². The van der Waals surface area contributed by atoms with Crippen molar-refractivity contribution in [1.29, 1.82) is 0 Å². The lowest BCUT2D eigenvalue weighted by atomic mass is 10.2. The average Bonchev–Trinajstić information content (AvgIpc) is 2.75. The van der Waals surface area contributed by atoms with Crippen LogP contribution in [0.15, 0.2) is 10.9 Å². The van der Waals surface area contributed by atoms with E-state index in [0.717, 1.165) is 31.7 Å². The van der Waals surface area contributed by atoms with Crippen molar-refractivity contribution in [1.82, 2.24) is 15.6 Å². The van der Waals surface area contributed by atoms with E-state index in [-0.39, 0.29) is 11.8 Å². The maximum atomic E-state index is 11.2. The Kier molecular flexibility index (Phi) is 6.03. The number of rotatable bonds is 7. The summed E-state index contributed by atoms with van der Waals surface area (Å²) in [6, 6.07) is 0. The highest BCUT2D eigenvalue weighted by molar-refractivity contribution is 7.07. The van der Waals surface area contributed by atoms with Crippen molar-refractivity contribution < 1.29 is 4.79 Å². The first kappa shape index (κ1) is 13.1. The molecule has 0 aromatic carbocycles. The van der Waals surface area contributed by atoms with Crippen LogP contribution in [-0.2, 0) is 11.3 Å². The molecule has 0 atom stereocenters. The van der Waals surface area contributed by atoms with Crippen LogP contribution in [0, 0.1) is 5.92 Å². The molecule has 0 saturated heterocycles. The summed E-state index contributed by atoms with van der Waals surface area (Å²) in [4.78, 5) is 15.4. The third-order valence-corrected chi connectivity index (χ3v) is 2.78. The number of carbonyl (C=O) groups excluding carboxylic acids is 1. The van der Waals surface area contributed by atoms with Gasteiger partial charge in [-0.2, -0.15) is 0 Å². The fourth-order valence-corrected chi connectivity index (χ4v) is 1.73. The van der Waals surface area contributed by atoms with Crippen molar-refractivity contribution >= 4 is 17.2 Å². The van der Waals surface area contributed by atoms with E-state index in [1.54, 1.807) is 11.3 Å². The molecule has 1 rings (SSSR count). The summed E-state index contributed by atoms with van der Waals surface area (Å²) in [6.45, 7) is 6.24. The Labute approximate surface area is 100 Å². The molecule has 1 aromatic rings. The highest BCUT2D eigenvalue weighted by Crippen LogP contribution is 1.99. The van der Waals surface area contributed by atoms with Gasteiger partial charge in [-0.15, -0.1) is 11.3 Å². The van der Waals surface area contributed by atoms with Crippen molar-refractivity contribution in [2.24, 2.45) is 5.92 Å². The summed E-state index contributed by atoms with van der Waals surface area (Å²) < 4.78 is 0. The van der Waals surface area contributed by atoms with Crippen LogP contribution in [0.2, 0.25) is 0 Å². The van der Waals surface area contributed by atoms with Gasteiger partial charge in [-0.25, -0.2) is 4.98 Å². The number of nitrogens with one attached hydrogen (secondary N) is 2. The predicted molar refractivity (Wildman–Crippen MR) is 66.3 cm³/mol. The molecule has 0 radical (unpaired) electrons. The van der Waals surface area contributed by atoms with Crippen LogP contribution in [0.25, 0.3) is 0 Å². The van der Waals surface area contributed by atoms with E-state index in [1.807, 2.05) is 24.7 Å². The summed E-state index contributed by atoms with van der Waals surface area (Å²) >= 11 is 1.61. The number of hydrogen-bond acceptors (Lipinski definition) is 4. The zero-order valence-electron chi connectivity index (χ0n) is 9.82. The molecule has 0 saturated carbocycles. The number of hydrogen-bond donors (Lipinski definition) is 2. The average molecular weight is 241 g/mol. The largest absolute Gasteiger partial charge is 0.356 e. The topological polar surface area (TPSA) is 54.0 Å². The maximum Gasteiger partial charge on any atom is 0.222 e. The van der Waals surface area contributed by atoms with Gasteiger partial charge in [0.2, 0.25) is 5.91 Å². The zero-order chi connectivity index (χ0) is 11.8. The van der Waals surface area contributed by atoms with Gasteiger partial charge in [0.1, 0.15) is 0 Å². The Morgan fingerprint density at radius 2 is 2.31 bits per heavy atom. The van der Waals surface area contributed by atoms with Crippen molar-refractivity contribution in [3.8, 4) is 0 Å². The van der Waals surface area contributed by atoms with Crippen LogP contribution in [0.1, 0.15) is 26.0 Å². The molecule has 90 valence electrons. The smallest absolute Gasteiger partial charge is 0.222 e. The molecular formula is C11H19N3OS. The SMILES string of the molecule is CC(C)C(=O)NCCCNCc1cscn1. The Morgan fingerprint density at radius 1 is 1.50 bits per heavy atom. The molecular weight excluding hydrogens is 222 g/mol. The van der Waals surface area contributed by atoms with Gasteiger partial charge in [0.25, 0.3) is 0 Å². The van der Waals surface area contributed by atoms with Gasteiger partial charge in [-0.05, 0) is 13.0 Å². The van der Waals surface area contributed by atoms with Gasteiger partial charge in [-0.1, -0.05) is 13.8 Å². The van der Waals surface area contributed by atoms with Crippen molar-refractivity contribution in [3.63, 3.8) is 0 Å². The highest BCUT2D eigenvalue weighted by atomic mass is 32.1. The lowest BCUT2D eigenvalue weighted by molar-refractivity contribution is -0.123. The lowest BCUT2D eigenvalue weighted by Crippen LogP contribution is -2.30. The van der Waals surface area contributed by atoms with Gasteiger partial charge in [0.15, 0.2) is 0 Å². The van der Waals surface area contributed by atoms with Crippen molar-refractivity contribution in [3.05, 3.63) is 16.6 Å². The highest BCUT2D eigenvalue weighted by Gasteiger charge is 2.04. The first-order valence-electron chi connectivity index (χ1n) is 5.55. The van der Waals surface area contributed by atoms with E-state index < -0.39 is 0 Å². The van der Waals surface area contributed by atoms with E-state index in [2.05, 4.69) is 15.6 Å². The second-order valence-corrected chi connectivity index (χ2v) is 4.67. The van der Waals surface area contributed by atoms with Gasteiger partial charge in [-0.3, -0.25) is 4.79 Å². The van der Waals surface area contributed by atoms with Crippen LogP contribution in [-0.4, -0.2) is 24.0 Å². The minimum Gasteiger partial charge on any atom is -0.356 e. The molecule has 1 aromatic heterocycles. The fourth-order valence-electron chi connectivity index (χ4n) is 1.17. The quantitative estimate of drug-likeness (QED) is 0.709. The minimum absolute atomic E-state index is 0.0722.